The van der Waals surface area contributed by atoms with Crippen molar-refractivity contribution in [2.75, 3.05) is 0 Å². The Labute approximate surface area is 139 Å². The van der Waals surface area contributed by atoms with Crippen LogP contribution in [-0.2, 0) is 6.42 Å². The summed E-state index contributed by atoms with van der Waals surface area (Å²) in [6, 6.07) is 12.6. The average Bonchev–Trinajstić information content (AvgIpc) is 2.63. The molecule has 120 valence electrons. The van der Waals surface area contributed by atoms with E-state index >= 15 is 0 Å². The highest BCUT2D eigenvalue weighted by molar-refractivity contribution is 5.93. The van der Waals surface area contributed by atoms with Gasteiger partial charge >= 0.3 is 0 Å². The maximum atomic E-state index is 12.4. The molecule has 0 unspecified atom stereocenters. The standard InChI is InChI=1S/C19H17N3O2/c1-2-13-3-5-16(6-4-13)22-19(24)17-11-15(12-21-18(17)23)14-7-9-20-10-8-14/h3-12H,2H2,1H3,(H,21,23)(H,22,24)/p-1. The molecular formula is C19H16N3O2-. The number of benzene rings is 1. The molecule has 0 bridgehead atoms. The van der Waals surface area contributed by atoms with Gasteiger partial charge in [0.05, 0.1) is 11.3 Å². The van der Waals surface area contributed by atoms with Crippen LogP contribution in [0, 0.1) is 0 Å². The third kappa shape index (κ3) is 3.41. The van der Waals surface area contributed by atoms with Gasteiger partial charge in [0.25, 0.3) is 5.56 Å². The topological polar surface area (TPSA) is 81.2 Å². The minimum Gasteiger partial charge on any atom is -0.858 e. The van der Waals surface area contributed by atoms with Crippen LogP contribution in [0.4, 0.5) is 5.69 Å². The van der Waals surface area contributed by atoms with E-state index in [1.165, 1.54) is 5.56 Å². The summed E-state index contributed by atoms with van der Waals surface area (Å²) in [6.45, 7) is 2.06. The number of nitrogens with one attached hydrogen (secondary N) is 1. The molecule has 0 amide bonds. The zero-order valence-electron chi connectivity index (χ0n) is 13.2. The zero-order valence-corrected chi connectivity index (χ0v) is 13.2. The fourth-order valence-electron chi connectivity index (χ4n) is 2.34. The number of rotatable bonds is 4. The number of aromatic nitrogens is 2. The average molecular weight is 318 g/mol. The molecule has 5 heteroatoms. The van der Waals surface area contributed by atoms with Gasteiger partial charge in [-0.05, 0) is 53.4 Å². The number of aromatic amines is 1. The first kappa shape index (κ1) is 15.7. The molecule has 0 aliphatic carbocycles. The minimum absolute atomic E-state index is 0.0175. The van der Waals surface area contributed by atoms with Crippen LogP contribution in [0.2, 0.25) is 0 Å². The van der Waals surface area contributed by atoms with Gasteiger partial charge in [-0.3, -0.25) is 14.8 Å². The van der Waals surface area contributed by atoms with Crippen LogP contribution in [0.15, 0.2) is 70.8 Å². The lowest BCUT2D eigenvalue weighted by atomic mass is 10.1. The lowest BCUT2D eigenvalue weighted by Crippen LogP contribution is -2.27. The molecule has 0 atom stereocenters. The maximum absolute atomic E-state index is 12.4. The summed E-state index contributed by atoms with van der Waals surface area (Å²) < 4.78 is 0. The molecule has 5 nitrogen and oxygen atoms in total. The Kier molecular flexibility index (Phi) is 4.52. The molecule has 1 N–H and O–H groups in total. The first-order valence-corrected chi connectivity index (χ1v) is 7.65. The molecule has 0 saturated heterocycles. The van der Waals surface area contributed by atoms with Crippen LogP contribution >= 0.6 is 0 Å². The summed E-state index contributed by atoms with van der Waals surface area (Å²) in [5.41, 5.74) is 2.86. The first-order chi connectivity index (χ1) is 11.7. The highest BCUT2D eigenvalue weighted by atomic mass is 16.3. The molecule has 2 heterocycles. The predicted octanol–water partition coefficient (Wildman–Crippen LogP) is 2.44. The first-order valence-electron chi connectivity index (χ1n) is 7.65. The number of aliphatic imine (C=N–C) groups is 1. The number of H-pyrrole nitrogens is 1. The van der Waals surface area contributed by atoms with Crippen LogP contribution in [0.3, 0.4) is 0 Å². The van der Waals surface area contributed by atoms with E-state index in [2.05, 4.69) is 21.9 Å². The van der Waals surface area contributed by atoms with E-state index in [0.717, 1.165) is 17.5 Å². The summed E-state index contributed by atoms with van der Waals surface area (Å²) in [5.74, 6) is -0.559. The fourth-order valence-corrected chi connectivity index (χ4v) is 2.34. The second kappa shape index (κ2) is 6.91. The largest absolute Gasteiger partial charge is 0.858 e. The summed E-state index contributed by atoms with van der Waals surface area (Å²) >= 11 is 0. The molecule has 0 radical (unpaired) electrons. The molecule has 0 fully saturated rings. The SMILES string of the molecule is CCc1ccc(N=C([O-])c2cc(-c3ccncc3)c[nH]c2=O)cc1. The minimum atomic E-state index is -0.559. The van der Waals surface area contributed by atoms with Gasteiger partial charge in [0.15, 0.2) is 0 Å². The van der Waals surface area contributed by atoms with E-state index in [0.29, 0.717) is 5.69 Å². The highest BCUT2D eigenvalue weighted by Crippen LogP contribution is 2.18. The number of nitrogens with zero attached hydrogens (tertiary/aromatic N) is 2. The van der Waals surface area contributed by atoms with Crippen molar-refractivity contribution in [3.63, 3.8) is 0 Å². The third-order valence-corrected chi connectivity index (χ3v) is 3.72. The quantitative estimate of drug-likeness (QED) is 0.592. The zero-order chi connectivity index (χ0) is 16.9. The lowest BCUT2D eigenvalue weighted by Gasteiger charge is -2.11. The van der Waals surface area contributed by atoms with Gasteiger partial charge in [-0.15, -0.1) is 0 Å². The molecule has 1 aromatic carbocycles. The van der Waals surface area contributed by atoms with Gasteiger partial charge in [0.1, 0.15) is 0 Å². The van der Waals surface area contributed by atoms with Gasteiger partial charge < -0.3 is 10.1 Å². The Morgan fingerprint density at radius 2 is 1.83 bits per heavy atom. The molecule has 24 heavy (non-hydrogen) atoms. The molecule has 0 aliphatic rings. The third-order valence-electron chi connectivity index (χ3n) is 3.72. The Morgan fingerprint density at radius 1 is 1.12 bits per heavy atom. The maximum Gasteiger partial charge on any atom is 0.256 e. The van der Waals surface area contributed by atoms with Gasteiger partial charge in [-0.1, -0.05) is 19.1 Å². The molecule has 3 aromatic rings. The Hall–Kier alpha value is -3.21. The number of aryl methyl sites for hydroxylation is 1. The molecule has 0 spiro atoms. The summed E-state index contributed by atoms with van der Waals surface area (Å²) in [4.78, 5) is 22.6. The molecule has 0 saturated carbocycles. The second-order valence-electron chi connectivity index (χ2n) is 5.30. The van der Waals surface area contributed by atoms with Crippen molar-refractivity contribution in [3.8, 4) is 11.1 Å². The van der Waals surface area contributed by atoms with Crippen LogP contribution < -0.4 is 10.7 Å². The lowest BCUT2D eigenvalue weighted by molar-refractivity contribution is -0.212. The summed E-state index contributed by atoms with van der Waals surface area (Å²) in [6.07, 6.45) is 5.80. The van der Waals surface area contributed by atoms with Crippen molar-refractivity contribution in [1.29, 1.82) is 0 Å². The number of hydrogen-bond donors (Lipinski definition) is 1. The fraction of sp³-hybridized carbons (Fsp3) is 0.105. The van der Waals surface area contributed by atoms with Gasteiger partial charge in [0, 0.05) is 24.5 Å². The van der Waals surface area contributed by atoms with Crippen molar-refractivity contribution in [3.05, 3.63) is 82.5 Å². The van der Waals surface area contributed by atoms with Crippen molar-refractivity contribution in [2.24, 2.45) is 4.99 Å². The molecule has 2 aromatic heterocycles. The van der Waals surface area contributed by atoms with Crippen LogP contribution in [0.5, 0.6) is 0 Å². The number of hydrogen-bond acceptors (Lipinski definition) is 4. The van der Waals surface area contributed by atoms with Gasteiger partial charge in [0.2, 0.25) is 0 Å². The van der Waals surface area contributed by atoms with E-state index in [-0.39, 0.29) is 5.56 Å². The number of pyridine rings is 2. The normalized spacial score (nSPS) is 11.5. The monoisotopic (exact) mass is 318 g/mol. The van der Waals surface area contributed by atoms with Crippen molar-refractivity contribution in [2.45, 2.75) is 13.3 Å². The van der Waals surface area contributed by atoms with Crippen LogP contribution in [0.1, 0.15) is 18.1 Å². The van der Waals surface area contributed by atoms with E-state index < -0.39 is 11.5 Å². The van der Waals surface area contributed by atoms with Crippen molar-refractivity contribution < 1.29 is 5.11 Å². The molecular weight excluding hydrogens is 302 g/mol. The second-order valence-corrected chi connectivity index (χ2v) is 5.30. The van der Waals surface area contributed by atoms with E-state index in [1.807, 2.05) is 24.3 Å². The Balaban J connectivity index is 1.98. The smallest absolute Gasteiger partial charge is 0.256 e. The van der Waals surface area contributed by atoms with Crippen LogP contribution in [0.25, 0.3) is 11.1 Å². The highest BCUT2D eigenvalue weighted by Gasteiger charge is 2.04. The molecule has 0 aliphatic heterocycles. The van der Waals surface area contributed by atoms with Gasteiger partial charge in [-0.25, -0.2) is 0 Å². The van der Waals surface area contributed by atoms with E-state index in [1.54, 1.807) is 36.8 Å². The molecule has 3 rings (SSSR count). The predicted molar refractivity (Wildman–Crippen MR) is 92.3 cm³/mol. The van der Waals surface area contributed by atoms with Crippen LogP contribution in [-0.4, -0.2) is 15.9 Å². The van der Waals surface area contributed by atoms with Crippen molar-refractivity contribution >= 4 is 11.6 Å². The summed E-state index contributed by atoms with van der Waals surface area (Å²) in [5, 5.41) is 12.4. The van der Waals surface area contributed by atoms with E-state index in [4.69, 9.17) is 0 Å². The van der Waals surface area contributed by atoms with E-state index in [9.17, 15) is 9.90 Å². The van der Waals surface area contributed by atoms with Gasteiger partial charge in [-0.2, -0.15) is 0 Å². The Morgan fingerprint density at radius 3 is 2.50 bits per heavy atom. The summed E-state index contributed by atoms with van der Waals surface area (Å²) in [7, 11) is 0. The Bertz CT molecular complexity index is 913. The van der Waals surface area contributed by atoms with Crippen molar-refractivity contribution in [1.82, 2.24) is 9.97 Å².